The first-order valence-electron chi connectivity index (χ1n) is 9.20. The van der Waals surface area contributed by atoms with E-state index in [2.05, 4.69) is 5.32 Å². The maximum Gasteiger partial charge on any atom is 0.336 e. The van der Waals surface area contributed by atoms with Gasteiger partial charge in [-0.25, -0.2) is 14.0 Å². The summed E-state index contributed by atoms with van der Waals surface area (Å²) < 4.78 is 33.2. The summed E-state index contributed by atoms with van der Waals surface area (Å²) in [4.78, 5) is 37.3. The van der Waals surface area contributed by atoms with Crippen molar-refractivity contribution in [3.8, 4) is 5.75 Å². The van der Waals surface area contributed by atoms with Gasteiger partial charge in [-0.05, 0) is 38.1 Å². The Labute approximate surface area is 173 Å². The largest absolute Gasteiger partial charge is 0.493 e. The number of carbonyl (C=O) groups excluding carboxylic acids is 3. The average molecular weight is 421 g/mol. The first-order chi connectivity index (χ1) is 14.3. The molecule has 0 saturated carbocycles. The Morgan fingerprint density at radius 2 is 1.47 bits per heavy atom. The highest BCUT2D eigenvalue weighted by atomic mass is 19.1. The van der Waals surface area contributed by atoms with Crippen molar-refractivity contribution in [2.24, 2.45) is 5.92 Å². The predicted molar refractivity (Wildman–Crippen MR) is 104 cm³/mol. The van der Waals surface area contributed by atoms with Crippen LogP contribution in [0.5, 0.6) is 5.75 Å². The van der Waals surface area contributed by atoms with E-state index in [9.17, 15) is 18.8 Å². The lowest BCUT2D eigenvalue weighted by Gasteiger charge is -2.28. The molecule has 0 bridgehead atoms. The SMILES string of the molecule is COC(=O)C1=C(C)NC(C)=C(C(=O)OC)C1C(=O)OCCCOc1ccc(F)cc1. The lowest BCUT2D eigenvalue weighted by atomic mass is 9.85. The lowest BCUT2D eigenvalue weighted by molar-refractivity contribution is -0.151. The molecule has 1 aromatic rings. The molecule has 2 rings (SSSR count). The number of halogens is 1. The molecular formula is C21H24FNO7. The number of allylic oxidation sites excluding steroid dienone is 2. The van der Waals surface area contributed by atoms with Crippen LogP contribution in [-0.2, 0) is 28.6 Å². The fourth-order valence-corrected chi connectivity index (χ4v) is 3.03. The summed E-state index contributed by atoms with van der Waals surface area (Å²) in [5.74, 6) is -3.44. The van der Waals surface area contributed by atoms with E-state index in [-0.39, 0.29) is 30.2 Å². The van der Waals surface area contributed by atoms with Gasteiger partial charge in [-0.15, -0.1) is 0 Å². The minimum Gasteiger partial charge on any atom is -0.493 e. The summed E-state index contributed by atoms with van der Waals surface area (Å²) in [6.07, 6.45) is 0.348. The van der Waals surface area contributed by atoms with Crippen LogP contribution in [0.25, 0.3) is 0 Å². The molecule has 1 aromatic carbocycles. The van der Waals surface area contributed by atoms with E-state index >= 15 is 0 Å². The summed E-state index contributed by atoms with van der Waals surface area (Å²) in [5.41, 5.74) is 0.731. The van der Waals surface area contributed by atoms with Gasteiger partial charge in [0, 0.05) is 17.8 Å². The van der Waals surface area contributed by atoms with Gasteiger partial charge < -0.3 is 24.3 Å². The van der Waals surface area contributed by atoms with Gasteiger partial charge in [0.25, 0.3) is 0 Å². The number of methoxy groups -OCH3 is 2. The molecular weight excluding hydrogens is 397 g/mol. The minimum absolute atomic E-state index is 0.00897. The van der Waals surface area contributed by atoms with Gasteiger partial charge >= 0.3 is 17.9 Å². The monoisotopic (exact) mass is 421 g/mol. The molecule has 1 heterocycles. The second-order valence-electron chi connectivity index (χ2n) is 6.44. The molecule has 1 aliphatic rings. The zero-order valence-electron chi connectivity index (χ0n) is 17.2. The number of carbonyl (C=O) groups is 3. The number of rotatable bonds is 8. The van der Waals surface area contributed by atoms with Crippen molar-refractivity contribution in [1.82, 2.24) is 5.32 Å². The van der Waals surface area contributed by atoms with Gasteiger partial charge in [-0.1, -0.05) is 0 Å². The van der Waals surface area contributed by atoms with Gasteiger partial charge in [0.05, 0.1) is 38.6 Å². The van der Waals surface area contributed by atoms with Gasteiger partial charge in [0.2, 0.25) is 0 Å². The number of benzene rings is 1. The lowest BCUT2D eigenvalue weighted by Crippen LogP contribution is -2.38. The molecule has 0 radical (unpaired) electrons. The van der Waals surface area contributed by atoms with E-state index in [4.69, 9.17) is 18.9 Å². The Morgan fingerprint density at radius 1 is 0.933 bits per heavy atom. The standard InChI is InChI=1S/C21H24FNO7/c1-12-16(19(24)27-3)18(17(13(2)23-12)20(25)28-4)21(26)30-11-5-10-29-15-8-6-14(22)7-9-15/h6-9,18,23H,5,10-11H2,1-4H3. The maximum atomic E-state index is 12.9. The number of hydrogen-bond acceptors (Lipinski definition) is 8. The highest BCUT2D eigenvalue weighted by molar-refractivity contribution is 6.05. The first-order valence-corrected chi connectivity index (χ1v) is 9.20. The molecule has 0 unspecified atom stereocenters. The van der Waals surface area contributed by atoms with E-state index in [1.165, 1.54) is 38.5 Å². The van der Waals surface area contributed by atoms with Crippen molar-refractivity contribution in [2.45, 2.75) is 20.3 Å². The molecule has 0 amide bonds. The number of esters is 3. The van der Waals surface area contributed by atoms with Gasteiger partial charge in [-0.3, -0.25) is 4.79 Å². The van der Waals surface area contributed by atoms with Crippen molar-refractivity contribution < 1.29 is 37.7 Å². The van der Waals surface area contributed by atoms with Gasteiger partial charge in [0.15, 0.2) is 0 Å². The van der Waals surface area contributed by atoms with E-state index in [0.29, 0.717) is 23.6 Å². The quantitative estimate of drug-likeness (QED) is 0.388. The summed E-state index contributed by atoms with van der Waals surface area (Å²) in [6.45, 7) is 3.41. The third-order valence-corrected chi connectivity index (χ3v) is 4.42. The van der Waals surface area contributed by atoms with Crippen LogP contribution in [0.4, 0.5) is 4.39 Å². The Morgan fingerprint density at radius 3 is 1.97 bits per heavy atom. The van der Waals surface area contributed by atoms with Crippen molar-refractivity contribution in [2.75, 3.05) is 27.4 Å². The Balaban J connectivity index is 2.06. The zero-order chi connectivity index (χ0) is 22.3. The third kappa shape index (κ3) is 5.37. The normalized spacial score (nSPS) is 14.2. The second-order valence-corrected chi connectivity index (χ2v) is 6.44. The Hall–Kier alpha value is -3.36. The molecule has 1 aliphatic heterocycles. The van der Waals surface area contributed by atoms with Crippen LogP contribution in [0.3, 0.4) is 0 Å². The van der Waals surface area contributed by atoms with Crippen LogP contribution < -0.4 is 10.1 Å². The zero-order valence-corrected chi connectivity index (χ0v) is 17.2. The van der Waals surface area contributed by atoms with Crippen molar-refractivity contribution in [1.29, 1.82) is 0 Å². The summed E-state index contributed by atoms with van der Waals surface area (Å²) >= 11 is 0. The number of ether oxygens (including phenoxy) is 4. The summed E-state index contributed by atoms with van der Waals surface area (Å²) in [7, 11) is 2.36. The van der Waals surface area contributed by atoms with Gasteiger partial charge in [-0.2, -0.15) is 0 Å². The van der Waals surface area contributed by atoms with Crippen molar-refractivity contribution in [3.63, 3.8) is 0 Å². The van der Waals surface area contributed by atoms with E-state index in [1.54, 1.807) is 13.8 Å². The number of nitrogens with one attached hydrogen (secondary N) is 1. The van der Waals surface area contributed by atoms with Crippen LogP contribution in [0.2, 0.25) is 0 Å². The molecule has 0 saturated heterocycles. The molecule has 8 nitrogen and oxygen atoms in total. The smallest absolute Gasteiger partial charge is 0.336 e. The third-order valence-electron chi connectivity index (χ3n) is 4.42. The molecule has 30 heavy (non-hydrogen) atoms. The molecule has 162 valence electrons. The van der Waals surface area contributed by atoms with Crippen LogP contribution in [0.15, 0.2) is 46.8 Å². The summed E-state index contributed by atoms with van der Waals surface area (Å²) in [5, 5.41) is 2.90. The minimum atomic E-state index is -1.27. The first kappa shape index (κ1) is 22.9. The number of dihydropyridines is 1. The fourth-order valence-electron chi connectivity index (χ4n) is 3.03. The van der Waals surface area contributed by atoms with Crippen LogP contribution >= 0.6 is 0 Å². The molecule has 9 heteroatoms. The highest BCUT2D eigenvalue weighted by Gasteiger charge is 2.42. The maximum absolute atomic E-state index is 12.9. The van der Waals surface area contributed by atoms with E-state index in [1.807, 2.05) is 0 Å². The molecule has 0 aromatic heterocycles. The fraction of sp³-hybridized carbons (Fsp3) is 0.381. The van der Waals surface area contributed by atoms with E-state index in [0.717, 1.165) is 0 Å². The van der Waals surface area contributed by atoms with Crippen molar-refractivity contribution in [3.05, 3.63) is 52.6 Å². The topological polar surface area (TPSA) is 100 Å². The Kier molecular flexibility index (Phi) is 7.97. The molecule has 1 N–H and O–H groups in total. The summed E-state index contributed by atoms with van der Waals surface area (Å²) in [6, 6.07) is 5.53. The van der Waals surface area contributed by atoms with Crippen molar-refractivity contribution >= 4 is 17.9 Å². The number of hydrogen-bond donors (Lipinski definition) is 1. The average Bonchev–Trinajstić information content (AvgIpc) is 2.73. The molecule has 0 spiro atoms. The highest BCUT2D eigenvalue weighted by Crippen LogP contribution is 2.32. The predicted octanol–water partition coefficient (Wildman–Crippen LogP) is 2.25. The molecule has 0 aliphatic carbocycles. The molecule has 0 atom stereocenters. The molecule has 0 fully saturated rings. The van der Waals surface area contributed by atoms with Gasteiger partial charge in [0.1, 0.15) is 17.5 Å². The second kappa shape index (κ2) is 10.4. The van der Waals surface area contributed by atoms with Crippen LogP contribution in [0, 0.1) is 11.7 Å². The Bertz CT molecular complexity index is 836. The van der Waals surface area contributed by atoms with Crippen LogP contribution in [-0.4, -0.2) is 45.3 Å². The van der Waals surface area contributed by atoms with Crippen LogP contribution in [0.1, 0.15) is 20.3 Å². The van der Waals surface area contributed by atoms with E-state index < -0.39 is 23.8 Å².